The van der Waals surface area contributed by atoms with Crippen LogP contribution in [0.3, 0.4) is 0 Å². The van der Waals surface area contributed by atoms with Crippen LogP contribution in [-0.2, 0) is 0 Å². The number of rotatable bonds is 8. The van der Waals surface area contributed by atoms with E-state index in [0.29, 0.717) is 0 Å². The molecule has 90 valence electrons. The topological polar surface area (TPSA) is 12.0 Å². The van der Waals surface area contributed by atoms with Gasteiger partial charge in [0.05, 0.1) is 10.7 Å². The van der Waals surface area contributed by atoms with Crippen molar-refractivity contribution in [3.8, 4) is 0 Å². The zero-order valence-corrected chi connectivity index (χ0v) is 10.9. The second-order valence-corrected chi connectivity index (χ2v) is 4.58. The van der Waals surface area contributed by atoms with E-state index in [1.165, 1.54) is 38.5 Å². The van der Waals surface area contributed by atoms with Gasteiger partial charge in [-0.15, -0.1) is 0 Å². The molecule has 16 heavy (non-hydrogen) atoms. The lowest BCUT2D eigenvalue weighted by Gasteiger charge is -2.07. The van der Waals surface area contributed by atoms with Crippen LogP contribution in [0.4, 0.5) is 5.69 Å². The van der Waals surface area contributed by atoms with Crippen LogP contribution in [0.25, 0.3) is 0 Å². The Morgan fingerprint density at radius 1 is 1.00 bits per heavy atom. The summed E-state index contributed by atoms with van der Waals surface area (Å²) in [6, 6.07) is 7.91. The van der Waals surface area contributed by atoms with Gasteiger partial charge in [-0.05, 0) is 18.6 Å². The lowest BCUT2D eigenvalue weighted by molar-refractivity contribution is 0.617. The molecule has 1 N–H and O–H groups in total. The quantitative estimate of drug-likeness (QED) is 0.622. The minimum absolute atomic E-state index is 0.813. The second kappa shape index (κ2) is 8.46. The molecule has 0 radical (unpaired) electrons. The molecular formula is C14H22ClN. The van der Waals surface area contributed by atoms with Crippen molar-refractivity contribution in [2.45, 2.75) is 45.4 Å². The fraction of sp³-hybridized carbons (Fsp3) is 0.571. The van der Waals surface area contributed by atoms with E-state index in [2.05, 4.69) is 12.2 Å². The smallest absolute Gasteiger partial charge is 0.0637 e. The molecule has 0 saturated heterocycles. The molecule has 0 saturated carbocycles. The van der Waals surface area contributed by atoms with Crippen molar-refractivity contribution < 1.29 is 0 Å². The van der Waals surface area contributed by atoms with Crippen molar-refractivity contribution in [2.24, 2.45) is 0 Å². The number of unbranched alkanes of at least 4 members (excludes halogenated alkanes) is 5. The molecule has 0 heterocycles. The zero-order valence-electron chi connectivity index (χ0n) is 10.1. The van der Waals surface area contributed by atoms with Crippen LogP contribution >= 0.6 is 11.6 Å². The Kier molecular flexibility index (Phi) is 7.07. The zero-order chi connectivity index (χ0) is 11.6. The first-order chi connectivity index (χ1) is 7.84. The number of benzene rings is 1. The summed E-state index contributed by atoms with van der Waals surface area (Å²) in [5, 5.41) is 4.19. The highest BCUT2D eigenvalue weighted by molar-refractivity contribution is 6.33. The first kappa shape index (κ1) is 13.4. The molecule has 2 heteroatoms. The van der Waals surface area contributed by atoms with Gasteiger partial charge >= 0.3 is 0 Å². The Morgan fingerprint density at radius 3 is 2.44 bits per heavy atom. The minimum Gasteiger partial charge on any atom is -0.384 e. The maximum absolute atomic E-state index is 6.04. The SMILES string of the molecule is CCCCCCCCNc1ccccc1Cl. The van der Waals surface area contributed by atoms with Gasteiger partial charge in [0.25, 0.3) is 0 Å². The van der Waals surface area contributed by atoms with Crippen molar-refractivity contribution in [2.75, 3.05) is 11.9 Å². The van der Waals surface area contributed by atoms with E-state index in [0.717, 1.165) is 17.3 Å². The molecule has 1 rings (SSSR count). The molecule has 1 nitrogen and oxygen atoms in total. The van der Waals surface area contributed by atoms with E-state index in [1.807, 2.05) is 24.3 Å². The third kappa shape index (κ3) is 5.41. The number of hydrogen-bond donors (Lipinski definition) is 1. The Morgan fingerprint density at radius 2 is 1.69 bits per heavy atom. The fourth-order valence-corrected chi connectivity index (χ4v) is 1.94. The molecular weight excluding hydrogens is 218 g/mol. The van der Waals surface area contributed by atoms with Crippen LogP contribution < -0.4 is 5.32 Å². The molecule has 0 fully saturated rings. The summed E-state index contributed by atoms with van der Waals surface area (Å²) in [5.74, 6) is 0. The molecule has 0 unspecified atom stereocenters. The monoisotopic (exact) mass is 239 g/mol. The van der Waals surface area contributed by atoms with Crippen LogP contribution in [0.2, 0.25) is 5.02 Å². The van der Waals surface area contributed by atoms with Gasteiger partial charge in [-0.3, -0.25) is 0 Å². The lowest BCUT2D eigenvalue weighted by atomic mass is 10.1. The molecule has 0 aliphatic heterocycles. The van der Waals surface area contributed by atoms with Crippen LogP contribution in [-0.4, -0.2) is 6.54 Å². The molecule has 0 atom stereocenters. The minimum atomic E-state index is 0.813. The van der Waals surface area contributed by atoms with E-state index in [9.17, 15) is 0 Å². The molecule has 0 amide bonds. The molecule has 0 spiro atoms. The van der Waals surface area contributed by atoms with Gasteiger partial charge < -0.3 is 5.32 Å². The lowest BCUT2D eigenvalue weighted by Crippen LogP contribution is -2.01. The summed E-state index contributed by atoms with van der Waals surface area (Å²) in [7, 11) is 0. The van der Waals surface area contributed by atoms with Crippen molar-refractivity contribution in [3.63, 3.8) is 0 Å². The standard InChI is InChI=1S/C14H22ClN/c1-2-3-4-5-6-9-12-16-14-11-8-7-10-13(14)15/h7-8,10-11,16H,2-6,9,12H2,1H3. The maximum atomic E-state index is 6.04. The van der Waals surface area contributed by atoms with Crippen LogP contribution in [0, 0.1) is 0 Å². The van der Waals surface area contributed by atoms with Gasteiger partial charge in [-0.25, -0.2) is 0 Å². The van der Waals surface area contributed by atoms with Gasteiger partial charge in [0.15, 0.2) is 0 Å². The van der Waals surface area contributed by atoms with Crippen molar-refractivity contribution in [1.29, 1.82) is 0 Å². The Hall–Kier alpha value is -0.690. The van der Waals surface area contributed by atoms with E-state index in [1.54, 1.807) is 0 Å². The number of halogens is 1. The summed E-state index contributed by atoms with van der Waals surface area (Å²) >= 11 is 6.04. The average Bonchev–Trinajstić information content (AvgIpc) is 2.30. The summed E-state index contributed by atoms with van der Waals surface area (Å²) in [6.07, 6.45) is 7.98. The number of hydrogen-bond acceptors (Lipinski definition) is 1. The van der Waals surface area contributed by atoms with Gasteiger partial charge in [-0.2, -0.15) is 0 Å². The van der Waals surface area contributed by atoms with E-state index < -0.39 is 0 Å². The van der Waals surface area contributed by atoms with Crippen LogP contribution in [0.15, 0.2) is 24.3 Å². The van der Waals surface area contributed by atoms with Gasteiger partial charge in [0, 0.05) is 6.54 Å². The van der Waals surface area contributed by atoms with E-state index in [4.69, 9.17) is 11.6 Å². The normalized spacial score (nSPS) is 10.4. The molecule has 1 aromatic rings. The van der Waals surface area contributed by atoms with Gasteiger partial charge in [-0.1, -0.05) is 62.8 Å². The molecule has 0 aliphatic rings. The Bertz CT molecular complexity index is 286. The summed E-state index contributed by atoms with van der Waals surface area (Å²) in [6.45, 7) is 3.27. The third-order valence-electron chi connectivity index (χ3n) is 2.72. The van der Waals surface area contributed by atoms with Crippen molar-refractivity contribution in [3.05, 3.63) is 29.3 Å². The van der Waals surface area contributed by atoms with Crippen LogP contribution in [0.1, 0.15) is 45.4 Å². The molecule has 0 aromatic heterocycles. The molecule has 0 bridgehead atoms. The molecule has 0 aliphatic carbocycles. The highest BCUT2D eigenvalue weighted by Crippen LogP contribution is 2.20. The second-order valence-electron chi connectivity index (χ2n) is 4.17. The third-order valence-corrected chi connectivity index (χ3v) is 3.05. The van der Waals surface area contributed by atoms with Gasteiger partial charge in [0.1, 0.15) is 0 Å². The highest BCUT2D eigenvalue weighted by atomic mass is 35.5. The first-order valence-electron chi connectivity index (χ1n) is 6.33. The Labute approximate surface area is 104 Å². The summed E-state index contributed by atoms with van der Waals surface area (Å²) in [4.78, 5) is 0. The van der Waals surface area contributed by atoms with Crippen molar-refractivity contribution >= 4 is 17.3 Å². The highest BCUT2D eigenvalue weighted by Gasteiger charge is 1.96. The largest absolute Gasteiger partial charge is 0.384 e. The maximum Gasteiger partial charge on any atom is 0.0637 e. The molecule has 1 aromatic carbocycles. The summed E-state index contributed by atoms with van der Waals surface area (Å²) in [5.41, 5.74) is 1.05. The summed E-state index contributed by atoms with van der Waals surface area (Å²) < 4.78 is 0. The first-order valence-corrected chi connectivity index (χ1v) is 6.70. The fourth-order valence-electron chi connectivity index (χ4n) is 1.73. The van der Waals surface area contributed by atoms with E-state index >= 15 is 0 Å². The number of para-hydroxylation sites is 1. The van der Waals surface area contributed by atoms with Gasteiger partial charge in [0.2, 0.25) is 0 Å². The predicted octanol–water partition coefficient (Wildman–Crippen LogP) is 5.11. The van der Waals surface area contributed by atoms with Crippen molar-refractivity contribution in [1.82, 2.24) is 0 Å². The predicted molar refractivity (Wildman–Crippen MR) is 73.3 cm³/mol. The average molecular weight is 240 g/mol. The Balaban J connectivity index is 2.05. The number of nitrogens with one attached hydrogen (secondary N) is 1. The van der Waals surface area contributed by atoms with E-state index in [-0.39, 0.29) is 0 Å². The van der Waals surface area contributed by atoms with Crippen LogP contribution in [0.5, 0.6) is 0 Å². The number of anilines is 1.